The molecule has 1 amide bonds. The third-order valence-electron chi connectivity index (χ3n) is 3.49. The molecule has 1 aromatic heterocycles. The summed E-state index contributed by atoms with van der Waals surface area (Å²) in [5.74, 6) is -0.106. The minimum absolute atomic E-state index is 0.106. The predicted molar refractivity (Wildman–Crippen MR) is 71.9 cm³/mol. The Morgan fingerprint density at radius 3 is 3.00 bits per heavy atom. The molecule has 1 aromatic rings. The number of hydrogen-bond acceptors (Lipinski definition) is 5. The summed E-state index contributed by atoms with van der Waals surface area (Å²) in [6.07, 6.45) is 3.87. The van der Waals surface area contributed by atoms with Gasteiger partial charge in [-0.15, -0.1) is 0 Å². The first-order valence-electron chi connectivity index (χ1n) is 6.50. The maximum atomic E-state index is 11.8. The maximum absolute atomic E-state index is 11.8. The number of nitrogens with zero attached hydrogens (tertiary/aromatic N) is 3. The van der Waals surface area contributed by atoms with Crippen LogP contribution in [0.4, 0.5) is 0 Å². The molecule has 0 spiro atoms. The molecule has 1 aliphatic heterocycles. The summed E-state index contributed by atoms with van der Waals surface area (Å²) in [6.45, 7) is 6.82. The normalized spacial score (nSPS) is 20.9. The predicted octanol–water partition coefficient (Wildman–Crippen LogP) is 1.45. The third-order valence-corrected chi connectivity index (χ3v) is 4.11. The summed E-state index contributed by atoms with van der Waals surface area (Å²) in [6, 6.07) is 0.637. The van der Waals surface area contributed by atoms with Gasteiger partial charge in [-0.25, -0.2) is 0 Å². The molecule has 0 aromatic carbocycles. The number of likely N-dealkylation sites (tertiary alicyclic amines) is 1. The summed E-state index contributed by atoms with van der Waals surface area (Å²) in [5.41, 5.74) is 1.18. The fourth-order valence-electron chi connectivity index (χ4n) is 2.32. The smallest absolute Gasteiger partial charge is 0.272 e. The SMILES string of the molecule is Cc1nsnc1C(=O)NCCN1CCCCC1C. The van der Waals surface area contributed by atoms with Crippen LogP contribution in [0.25, 0.3) is 0 Å². The number of amides is 1. The van der Waals surface area contributed by atoms with Crippen molar-refractivity contribution >= 4 is 17.6 Å². The number of aryl methyl sites for hydroxylation is 1. The van der Waals surface area contributed by atoms with Crippen molar-refractivity contribution in [3.8, 4) is 0 Å². The molecule has 1 saturated heterocycles. The van der Waals surface area contributed by atoms with Gasteiger partial charge in [0, 0.05) is 19.1 Å². The van der Waals surface area contributed by atoms with Crippen molar-refractivity contribution in [2.45, 2.75) is 39.2 Å². The molecule has 1 fully saturated rings. The van der Waals surface area contributed by atoms with Crippen LogP contribution < -0.4 is 5.32 Å². The Morgan fingerprint density at radius 1 is 1.50 bits per heavy atom. The van der Waals surface area contributed by atoms with Gasteiger partial charge in [0.2, 0.25) is 0 Å². The standard InChI is InChI=1S/C12H20N4OS/c1-9-5-3-4-7-16(9)8-6-13-12(17)11-10(2)14-18-15-11/h9H,3-8H2,1-2H3,(H,13,17). The summed E-state index contributed by atoms with van der Waals surface area (Å²) < 4.78 is 8.01. The lowest BCUT2D eigenvalue weighted by molar-refractivity contribution is 0.0934. The molecule has 0 aliphatic carbocycles. The largest absolute Gasteiger partial charge is 0.349 e. The molecule has 1 aliphatic rings. The third kappa shape index (κ3) is 3.26. The lowest BCUT2D eigenvalue weighted by Gasteiger charge is -2.33. The summed E-state index contributed by atoms with van der Waals surface area (Å²) in [5, 5.41) is 2.92. The van der Waals surface area contributed by atoms with Gasteiger partial charge in [0.05, 0.1) is 17.4 Å². The molecule has 2 rings (SSSR count). The van der Waals surface area contributed by atoms with Crippen LogP contribution >= 0.6 is 11.7 Å². The van der Waals surface area contributed by atoms with E-state index in [-0.39, 0.29) is 5.91 Å². The fraction of sp³-hybridized carbons (Fsp3) is 0.750. The Morgan fingerprint density at radius 2 is 2.33 bits per heavy atom. The quantitative estimate of drug-likeness (QED) is 0.898. The zero-order chi connectivity index (χ0) is 13.0. The van der Waals surface area contributed by atoms with Crippen molar-refractivity contribution in [3.05, 3.63) is 11.4 Å². The Bertz CT molecular complexity index is 407. The molecule has 5 nitrogen and oxygen atoms in total. The fourth-order valence-corrected chi connectivity index (χ4v) is 2.87. The minimum atomic E-state index is -0.106. The van der Waals surface area contributed by atoms with Gasteiger partial charge in [-0.05, 0) is 33.2 Å². The van der Waals surface area contributed by atoms with Gasteiger partial charge >= 0.3 is 0 Å². The highest BCUT2D eigenvalue weighted by Crippen LogP contribution is 2.15. The second kappa shape index (κ2) is 6.24. The van der Waals surface area contributed by atoms with Gasteiger partial charge < -0.3 is 5.32 Å². The van der Waals surface area contributed by atoms with Crippen molar-refractivity contribution in [1.82, 2.24) is 19.0 Å². The monoisotopic (exact) mass is 268 g/mol. The molecule has 1 N–H and O–H groups in total. The number of nitrogens with one attached hydrogen (secondary N) is 1. The maximum Gasteiger partial charge on any atom is 0.272 e. The number of piperidine rings is 1. The van der Waals surface area contributed by atoms with E-state index >= 15 is 0 Å². The average molecular weight is 268 g/mol. The van der Waals surface area contributed by atoms with Crippen molar-refractivity contribution in [2.75, 3.05) is 19.6 Å². The molecule has 0 saturated carbocycles. The van der Waals surface area contributed by atoms with Crippen LogP contribution in [0.2, 0.25) is 0 Å². The van der Waals surface area contributed by atoms with E-state index in [0.29, 0.717) is 24.0 Å². The highest BCUT2D eigenvalue weighted by atomic mass is 32.1. The van der Waals surface area contributed by atoms with E-state index in [2.05, 4.69) is 25.9 Å². The van der Waals surface area contributed by atoms with Crippen molar-refractivity contribution < 1.29 is 4.79 Å². The Kier molecular flexibility index (Phi) is 4.66. The van der Waals surface area contributed by atoms with Crippen LogP contribution in [0, 0.1) is 6.92 Å². The molecule has 18 heavy (non-hydrogen) atoms. The van der Waals surface area contributed by atoms with Gasteiger partial charge in [-0.2, -0.15) is 8.75 Å². The average Bonchev–Trinajstić information content (AvgIpc) is 2.78. The second-order valence-corrected chi connectivity index (χ2v) is 5.36. The van der Waals surface area contributed by atoms with Crippen LogP contribution in [0.3, 0.4) is 0 Å². The summed E-state index contributed by atoms with van der Waals surface area (Å²) in [7, 11) is 0. The number of hydrogen-bond donors (Lipinski definition) is 1. The summed E-state index contributed by atoms with van der Waals surface area (Å²) in [4.78, 5) is 14.3. The van der Waals surface area contributed by atoms with Crippen LogP contribution in [-0.4, -0.2) is 45.2 Å². The first-order valence-corrected chi connectivity index (χ1v) is 7.23. The van der Waals surface area contributed by atoms with Crippen LogP contribution in [0.1, 0.15) is 42.4 Å². The highest BCUT2D eigenvalue weighted by Gasteiger charge is 2.18. The van der Waals surface area contributed by atoms with E-state index in [9.17, 15) is 4.79 Å². The Labute approximate surface area is 112 Å². The first kappa shape index (κ1) is 13.4. The Hall–Kier alpha value is -1.01. The summed E-state index contributed by atoms with van der Waals surface area (Å²) >= 11 is 1.09. The lowest BCUT2D eigenvalue weighted by Crippen LogP contribution is -2.42. The Balaban J connectivity index is 1.75. The molecule has 6 heteroatoms. The molecular formula is C12H20N4OS. The molecule has 1 unspecified atom stereocenters. The van der Waals surface area contributed by atoms with Gasteiger partial charge in [0.15, 0.2) is 5.69 Å². The van der Waals surface area contributed by atoms with Crippen LogP contribution in [0.5, 0.6) is 0 Å². The van der Waals surface area contributed by atoms with Crippen LogP contribution in [0.15, 0.2) is 0 Å². The van der Waals surface area contributed by atoms with E-state index in [0.717, 1.165) is 24.8 Å². The van der Waals surface area contributed by atoms with Crippen LogP contribution in [-0.2, 0) is 0 Å². The van der Waals surface area contributed by atoms with Crippen molar-refractivity contribution in [1.29, 1.82) is 0 Å². The van der Waals surface area contributed by atoms with E-state index in [4.69, 9.17) is 0 Å². The highest BCUT2D eigenvalue weighted by molar-refractivity contribution is 6.99. The number of aromatic nitrogens is 2. The minimum Gasteiger partial charge on any atom is -0.349 e. The van der Waals surface area contributed by atoms with E-state index in [1.165, 1.54) is 19.3 Å². The number of rotatable bonds is 4. The van der Waals surface area contributed by atoms with Gasteiger partial charge in [0.25, 0.3) is 5.91 Å². The molecule has 1 atom stereocenters. The lowest BCUT2D eigenvalue weighted by atomic mass is 10.0. The van der Waals surface area contributed by atoms with Crippen molar-refractivity contribution in [2.24, 2.45) is 0 Å². The molecule has 100 valence electrons. The van der Waals surface area contributed by atoms with E-state index in [1.54, 1.807) is 0 Å². The van der Waals surface area contributed by atoms with Crippen molar-refractivity contribution in [3.63, 3.8) is 0 Å². The van der Waals surface area contributed by atoms with E-state index in [1.807, 2.05) is 6.92 Å². The van der Waals surface area contributed by atoms with E-state index < -0.39 is 0 Å². The number of carbonyl (C=O) groups excluding carboxylic acids is 1. The zero-order valence-corrected chi connectivity index (χ0v) is 11.8. The molecule has 0 bridgehead atoms. The van der Waals surface area contributed by atoms with Gasteiger partial charge in [0.1, 0.15) is 0 Å². The van der Waals surface area contributed by atoms with Gasteiger partial charge in [-0.1, -0.05) is 6.42 Å². The number of carbonyl (C=O) groups is 1. The molecule has 2 heterocycles. The topological polar surface area (TPSA) is 58.1 Å². The first-order chi connectivity index (χ1) is 8.68. The second-order valence-electron chi connectivity index (χ2n) is 4.83. The zero-order valence-electron chi connectivity index (χ0n) is 11.0. The molecular weight excluding hydrogens is 248 g/mol. The molecule has 0 radical (unpaired) electrons. The van der Waals surface area contributed by atoms with Gasteiger partial charge in [-0.3, -0.25) is 9.69 Å².